The lowest BCUT2D eigenvalue weighted by Crippen LogP contribution is -2.38. The van der Waals surface area contributed by atoms with Crippen molar-refractivity contribution in [2.45, 2.75) is 25.9 Å². The Labute approximate surface area is 103 Å². The Hall–Kier alpha value is -1.85. The smallest absolute Gasteiger partial charge is 0.343 e. The van der Waals surface area contributed by atoms with E-state index in [2.05, 4.69) is 0 Å². The molecular weight excluding hydrogens is 241 g/mol. The Bertz CT molecular complexity index is 510. The Kier molecular flexibility index (Phi) is 2.88. The molecule has 1 amide bonds. The molecule has 0 aromatic carbocycles. The molecule has 0 bridgehead atoms. The third-order valence-electron chi connectivity index (χ3n) is 3.16. The number of amides is 1. The molecule has 1 atom stereocenters. The zero-order chi connectivity index (χ0) is 13.5. The summed E-state index contributed by atoms with van der Waals surface area (Å²) in [6.07, 6.45) is -0.177. The number of rotatable bonds is 2. The fraction of sp³-hybridized carbons (Fsp3) is 0.500. The van der Waals surface area contributed by atoms with E-state index in [0.717, 1.165) is 0 Å². The Balaban J connectivity index is 2.18. The van der Waals surface area contributed by atoms with Crippen molar-refractivity contribution in [3.63, 3.8) is 0 Å². The summed E-state index contributed by atoms with van der Waals surface area (Å²) in [5.74, 6) is -0.841. The van der Waals surface area contributed by atoms with E-state index in [0.29, 0.717) is 17.1 Å². The molecule has 2 rings (SSSR count). The van der Waals surface area contributed by atoms with Crippen LogP contribution in [0.1, 0.15) is 28.3 Å². The van der Waals surface area contributed by atoms with Crippen molar-refractivity contribution in [3.05, 3.63) is 23.2 Å². The van der Waals surface area contributed by atoms with Crippen LogP contribution >= 0.6 is 0 Å². The van der Waals surface area contributed by atoms with Gasteiger partial charge in [-0.3, -0.25) is 4.79 Å². The summed E-state index contributed by atoms with van der Waals surface area (Å²) in [6, 6.07) is 1.58. The van der Waals surface area contributed by atoms with Gasteiger partial charge in [-0.1, -0.05) is 0 Å². The van der Waals surface area contributed by atoms with Crippen LogP contribution in [-0.2, 0) is 4.79 Å². The molecule has 1 aromatic rings. The number of aliphatic carboxylic acids is 1. The van der Waals surface area contributed by atoms with Crippen LogP contribution in [0.3, 0.4) is 0 Å². The summed E-state index contributed by atoms with van der Waals surface area (Å²) in [5.41, 5.74) is -1.97. The van der Waals surface area contributed by atoms with Gasteiger partial charge in [0.05, 0.1) is 12.1 Å². The average Bonchev–Trinajstić information content (AvgIpc) is 2.82. The minimum Gasteiger partial charge on any atom is -0.479 e. The van der Waals surface area contributed by atoms with Crippen molar-refractivity contribution < 1.29 is 23.5 Å². The highest BCUT2D eigenvalue weighted by atomic mass is 19.1. The Morgan fingerprint density at radius 2 is 2.17 bits per heavy atom. The third kappa shape index (κ3) is 1.98. The van der Waals surface area contributed by atoms with Crippen LogP contribution in [-0.4, -0.2) is 40.6 Å². The topological polar surface area (TPSA) is 70.8 Å². The fourth-order valence-electron chi connectivity index (χ4n) is 2.13. The molecule has 1 aliphatic rings. The maximum Gasteiger partial charge on any atom is 0.343 e. The third-order valence-corrected chi connectivity index (χ3v) is 3.16. The molecule has 1 saturated heterocycles. The molecular formula is C12H14FNO4. The molecule has 1 aromatic heterocycles. The van der Waals surface area contributed by atoms with Crippen molar-refractivity contribution in [3.8, 4) is 0 Å². The average molecular weight is 255 g/mol. The van der Waals surface area contributed by atoms with E-state index in [-0.39, 0.29) is 18.9 Å². The first-order valence-electron chi connectivity index (χ1n) is 5.62. The summed E-state index contributed by atoms with van der Waals surface area (Å²) in [5, 5.41) is 8.77. The molecule has 0 saturated carbocycles. The second-order valence-corrected chi connectivity index (χ2v) is 4.57. The molecule has 0 spiro atoms. The van der Waals surface area contributed by atoms with Crippen molar-refractivity contribution >= 4 is 11.9 Å². The van der Waals surface area contributed by atoms with Crippen LogP contribution < -0.4 is 0 Å². The predicted molar refractivity (Wildman–Crippen MR) is 60.2 cm³/mol. The van der Waals surface area contributed by atoms with E-state index < -0.39 is 18.2 Å². The van der Waals surface area contributed by atoms with Crippen molar-refractivity contribution in [2.75, 3.05) is 13.1 Å². The lowest BCUT2D eigenvalue weighted by molar-refractivity contribution is -0.149. The monoisotopic (exact) mass is 255 g/mol. The molecule has 1 aliphatic heterocycles. The lowest BCUT2D eigenvalue weighted by Gasteiger charge is -2.17. The number of aryl methyl sites for hydroxylation is 2. The molecule has 1 N–H and O–H groups in total. The minimum atomic E-state index is -2.33. The number of hydrogen-bond acceptors (Lipinski definition) is 3. The number of furan rings is 1. The first-order valence-corrected chi connectivity index (χ1v) is 5.62. The second kappa shape index (κ2) is 4.12. The molecule has 6 heteroatoms. The number of alkyl halides is 1. The molecule has 0 radical (unpaired) electrons. The van der Waals surface area contributed by atoms with Crippen LogP contribution in [0.5, 0.6) is 0 Å². The number of hydrogen-bond donors (Lipinski definition) is 1. The summed E-state index contributed by atoms with van der Waals surface area (Å²) in [6.45, 7) is 3.05. The van der Waals surface area contributed by atoms with Gasteiger partial charge in [0.2, 0.25) is 5.67 Å². The standard InChI is InChI=1S/C12H14FNO4/c1-7-5-9(8(2)18-7)10(15)14-4-3-12(13,6-14)11(16)17/h5H,3-4,6H2,1-2H3,(H,16,17). The highest BCUT2D eigenvalue weighted by Crippen LogP contribution is 2.28. The Morgan fingerprint density at radius 1 is 1.50 bits per heavy atom. The summed E-state index contributed by atoms with van der Waals surface area (Å²) < 4.78 is 19.1. The van der Waals surface area contributed by atoms with Gasteiger partial charge in [0, 0.05) is 13.0 Å². The fourth-order valence-corrected chi connectivity index (χ4v) is 2.13. The van der Waals surface area contributed by atoms with Gasteiger partial charge in [0.25, 0.3) is 5.91 Å². The first kappa shape index (κ1) is 12.6. The molecule has 2 heterocycles. The number of carbonyl (C=O) groups excluding carboxylic acids is 1. The van der Waals surface area contributed by atoms with Gasteiger partial charge in [-0.25, -0.2) is 9.18 Å². The van der Waals surface area contributed by atoms with Crippen molar-refractivity contribution in [1.82, 2.24) is 4.90 Å². The lowest BCUT2D eigenvalue weighted by atomic mass is 10.1. The number of carboxylic acids is 1. The number of nitrogens with zero attached hydrogens (tertiary/aromatic N) is 1. The van der Waals surface area contributed by atoms with Gasteiger partial charge >= 0.3 is 5.97 Å². The Morgan fingerprint density at radius 3 is 2.61 bits per heavy atom. The molecule has 0 aliphatic carbocycles. The van der Waals surface area contributed by atoms with Crippen molar-refractivity contribution in [2.24, 2.45) is 0 Å². The van der Waals surface area contributed by atoms with Crippen LogP contribution in [0.25, 0.3) is 0 Å². The zero-order valence-electron chi connectivity index (χ0n) is 10.2. The van der Waals surface area contributed by atoms with E-state index in [1.807, 2.05) is 0 Å². The van der Waals surface area contributed by atoms with Gasteiger partial charge in [-0.15, -0.1) is 0 Å². The van der Waals surface area contributed by atoms with Gasteiger partial charge in [-0.2, -0.15) is 0 Å². The molecule has 1 unspecified atom stereocenters. The summed E-state index contributed by atoms with van der Waals surface area (Å²) in [7, 11) is 0. The zero-order valence-corrected chi connectivity index (χ0v) is 10.2. The van der Waals surface area contributed by atoms with E-state index >= 15 is 0 Å². The highest BCUT2D eigenvalue weighted by Gasteiger charge is 2.47. The number of carbonyl (C=O) groups is 2. The van der Waals surface area contributed by atoms with E-state index in [1.165, 1.54) is 4.90 Å². The summed E-state index contributed by atoms with van der Waals surface area (Å²) in [4.78, 5) is 24.1. The highest BCUT2D eigenvalue weighted by molar-refractivity contribution is 5.96. The van der Waals surface area contributed by atoms with E-state index in [1.54, 1.807) is 19.9 Å². The molecule has 1 fully saturated rings. The molecule has 18 heavy (non-hydrogen) atoms. The molecule has 5 nitrogen and oxygen atoms in total. The largest absolute Gasteiger partial charge is 0.479 e. The normalized spacial score (nSPS) is 23.4. The van der Waals surface area contributed by atoms with E-state index in [9.17, 15) is 14.0 Å². The number of halogens is 1. The first-order chi connectivity index (χ1) is 8.33. The van der Waals surface area contributed by atoms with Crippen LogP contribution in [0.4, 0.5) is 4.39 Å². The number of carboxylic acid groups (broad SMARTS) is 1. The van der Waals surface area contributed by atoms with Gasteiger partial charge < -0.3 is 14.4 Å². The van der Waals surface area contributed by atoms with Crippen LogP contribution in [0.2, 0.25) is 0 Å². The predicted octanol–water partition coefficient (Wildman–Crippen LogP) is 1.54. The SMILES string of the molecule is Cc1cc(C(=O)N2CCC(F)(C(=O)O)C2)c(C)o1. The van der Waals surface area contributed by atoms with Gasteiger partial charge in [0.15, 0.2) is 0 Å². The number of likely N-dealkylation sites (tertiary alicyclic amines) is 1. The van der Waals surface area contributed by atoms with Crippen molar-refractivity contribution in [1.29, 1.82) is 0 Å². The van der Waals surface area contributed by atoms with Crippen LogP contribution in [0.15, 0.2) is 10.5 Å². The maximum absolute atomic E-state index is 13.9. The van der Waals surface area contributed by atoms with Gasteiger partial charge in [-0.05, 0) is 19.9 Å². The maximum atomic E-state index is 13.9. The van der Waals surface area contributed by atoms with E-state index in [4.69, 9.17) is 9.52 Å². The molecule has 98 valence electrons. The summed E-state index contributed by atoms with van der Waals surface area (Å²) >= 11 is 0. The quantitative estimate of drug-likeness (QED) is 0.870. The van der Waals surface area contributed by atoms with Gasteiger partial charge in [0.1, 0.15) is 11.5 Å². The second-order valence-electron chi connectivity index (χ2n) is 4.57. The van der Waals surface area contributed by atoms with Crippen LogP contribution in [0, 0.1) is 13.8 Å². The minimum absolute atomic E-state index is 0.102.